The number of aliphatic carboxylic acids is 1. The van der Waals surface area contributed by atoms with Crippen LogP contribution in [-0.4, -0.2) is 33.7 Å². The maximum absolute atomic E-state index is 11.0. The third-order valence-corrected chi connectivity index (χ3v) is 3.13. The van der Waals surface area contributed by atoms with Crippen molar-refractivity contribution in [2.75, 3.05) is 18.0 Å². The maximum Gasteiger partial charge on any atom is 0.323 e. The number of nitrogens with zero attached hydrogens (tertiary/aromatic N) is 3. The number of hydrogen-bond acceptors (Lipinski definition) is 3. The van der Waals surface area contributed by atoms with Gasteiger partial charge < -0.3 is 14.6 Å². The zero-order valence-corrected chi connectivity index (χ0v) is 11.6. The Labute approximate surface area is 118 Å². The van der Waals surface area contributed by atoms with E-state index >= 15 is 0 Å². The van der Waals surface area contributed by atoms with E-state index in [0.29, 0.717) is 6.54 Å². The molecule has 0 bridgehead atoms. The number of carbonyl (C=O) groups is 1. The van der Waals surface area contributed by atoms with E-state index in [1.807, 2.05) is 46.9 Å². The van der Waals surface area contributed by atoms with Crippen molar-refractivity contribution in [1.29, 1.82) is 0 Å². The van der Waals surface area contributed by atoms with E-state index in [9.17, 15) is 4.79 Å². The summed E-state index contributed by atoms with van der Waals surface area (Å²) in [4.78, 5) is 16.9. The van der Waals surface area contributed by atoms with Gasteiger partial charge in [0.1, 0.15) is 6.54 Å². The fraction of sp³-hybridized carbons (Fsp3) is 0.333. The second-order valence-electron chi connectivity index (χ2n) is 4.80. The van der Waals surface area contributed by atoms with Crippen LogP contribution in [0.5, 0.6) is 0 Å². The fourth-order valence-electron chi connectivity index (χ4n) is 2.08. The predicted molar refractivity (Wildman–Crippen MR) is 77.9 cm³/mol. The van der Waals surface area contributed by atoms with Crippen molar-refractivity contribution < 1.29 is 9.90 Å². The van der Waals surface area contributed by atoms with Gasteiger partial charge in [-0.3, -0.25) is 4.79 Å². The van der Waals surface area contributed by atoms with E-state index < -0.39 is 5.97 Å². The summed E-state index contributed by atoms with van der Waals surface area (Å²) in [6, 6.07) is 7.94. The summed E-state index contributed by atoms with van der Waals surface area (Å²) >= 11 is 0. The van der Waals surface area contributed by atoms with Gasteiger partial charge in [0.05, 0.1) is 6.33 Å². The van der Waals surface area contributed by atoms with Gasteiger partial charge in [0.2, 0.25) is 0 Å². The van der Waals surface area contributed by atoms with Gasteiger partial charge in [-0.25, -0.2) is 4.98 Å². The van der Waals surface area contributed by atoms with Crippen LogP contribution in [0.15, 0.2) is 43.0 Å². The summed E-state index contributed by atoms with van der Waals surface area (Å²) in [6.07, 6.45) is 6.30. The second-order valence-corrected chi connectivity index (χ2v) is 4.80. The molecule has 0 fully saturated rings. The van der Waals surface area contributed by atoms with E-state index in [2.05, 4.69) is 4.98 Å². The molecule has 1 heterocycles. The molecule has 0 spiro atoms. The molecule has 1 aromatic carbocycles. The zero-order valence-electron chi connectivity index (χ0n) is 11.6. The number of hydrogen-bond donors (Lipinski definition) is 1. The molecule has 1 N–H and O–H groups in total. The van der Waals surface area contributed by atoms with Crippen LogP contribution in [0.2, 0.25) is 0 Å². The molecule has 5 nitrogen and oxygen atoms in total. The first kappa shape index (κ1) is 14.1. The van der Waals surface area contributed by atoms with E-state index in [1.165, 1.54) is 5.56 Å². The lowest BCUT2D eigenvalue weighted by Gasteiger charge is -2.23. The molecule has 106 valence electrons. The third kappa shape index (κ3) is 4.12. The predicted octanol–water partition coefficient (Wildman–Crippen LogP) is 2.17. The number of imidazole rings is 1. The molecule has 0 aliphatic rings. The van der Waals surface area contributed by atoms with Crippen LogP contribution in [0.4, 0.5) is 5.69 Å². The summed E-state index contributed by atoms with van der Waals surface area (Å²) in [5.74, 6) is -0.812. The highest BCUT2D eigenvalue weighted by Crippen LogP contribution is 2.15. The Morgan fingerprint density at radius 3 is 2.70 bits per heavy atom. The lowest BCUT2D eigenvalue weighted by atomic mass is 10.2. The quantitative estimate of drug-likeness (QED) is 0.840. The van der Waals surface area contributed by atoms with E-state index in [4.69, 9.17) is 5.11 Å². The van der Waals surface area contributed by atoms with Gasteiger partial charge in [-0.05, 0) is 25.5 Å². The van der Waals surface area contributed by atoms with Crippen LogP contribution >= 0.6 is 0 Å². The number of carboxylic acid groups (broad SMARTS) is 1. The standard InChI is InChI=1S/C15H19N3O2/c1-13-3-5-14(6-4-13)18(11-15(19)20)9-2-8-17-10-7-16-12-17/h3-7,10,12H,2,8-9,11H2,1H3,(H,19,20). The van der Waals surface area contributed by atoms with Gasteiger partial charge in [-0.15, -0.1) is 0 Å². The number of rotatable bonds is 7. The number of benzene rings is 1. The molecule has 20 heavy (non-hydrogen) atoms. The Kier molecular flexibility index (Phi) is 4.76. The zero-order chi connectivity index (χ0) is 14.4. The molecule has 5 heteroatoms. The molecule has 2 rings (SSSR count). The molecule has 0 saturated carbocycles. The average molecular weight is 273 g/mol. The highest BCUT2D eigenvalue weighted by molar-refractivity contribution is 5.73. The van der Waals surface area contributed by atoms with Crippen LogP contribution in [0.1, 0.15) is 12.0 Å². The van der Waals surface area contributed by atoms with Gasteiger partial charge in [0.25, 0.3) is 0 Å². The van der Waals surface area contributed by atoms with Gasteiger partial charge in [-0.1, -0.05) is 17.7 Å². The summed E-state index contributed by atoms with van der Waals surface area (Å²) in [5.41, 5.74) is 2.12. The largest absolute Gasteiger partial charge is 0.480 e. The lowest BCUT2D eigenvalue weighted by Crippen LogP contribution is -2.31. The summed E-state index contributed by atoms with van der Waals surface area (Å²) in [6.45, 7) is 3.58. The molecule has 0 amide bonds. The van der Waals surface area contributed by atoms with E-state index in [-0.39, 0.29) is 6.54 Å². The molecular formula is C15H19N3O2. The second kappa shape index (κ2) is 6.75. The fourth-order valence-corrected chi connectivity index (χ4v) is 2.08. The Balaban J connectivity index is 1.96. The number of aromatic nitrogens is 2. The number of anilines is 1. The van der Waals surface area contributed by atoms with Gasteiger partial charge in [-0.2, -0.15) is 0 Å². The molecule has 0 aliphatic heterocycles. The van der Waals surface area contributed by atoms with Crippen molar-refractivity contribution >= 4 is 11.7 Å². The van der Waals surface area contributed by atoms with Gasteiger partial charge in [0, 0.05) is 31.2 Å². The smallest absolute Gasteiger partial charge is 0.323 e. The Hall–Kier alpha value is -2.30. The van der Waals surface area contributed by atoms with Crippen LogP contribution in [0.25, 0.3) is 0 Å². The molecule has 0 unspecified atom stereocenters. The van der Waals surface area contributed by atoms with Crippen LogP contribution < -0.4 is 4.90 Å². The minimum absolute atomic E-state index is 0.0208. The number of carboxylic acids is 1. The molecule has 0 atom stereocenters. The molecular weight excluding hydrogens is 254 g/mol. The average Bonchev–Trinajstić information content (AvgIpc) is 2.91. The first-order valence-electron chi connectivity index (χ1n) is 6.64. The molecule has 0 aliphatic carbocycles. The van der Waals surface area contributed by atoms with Gasteiger partial charge in [0.15, 0.2) is 0 Å². The van der Waals surface area contributed by atoms with Crippen LogP contribution in [0, 0.1) is 6.92 Å². The maximum atomic E-state index is 11.0. The van der Waals surface area contributed by atoms with Crippen molar-refractivity contribution in [3.05, 3.63) is 48.5 Å². The van der Waals surface area contributed by atoms with Crippen LogP contribution in [-0.2, 0) is 11.3 Å². The monoisotopic (exact) mass is 273 g/mol. The van der Waals surface area contributed by atoms with Crippen LogP contribution in [0.3, 0.4) is 0 Å². The van der Waals surface area contributed by atoms with E-state index in [0.717, 1.165) is 18.7 Å². The normalized spacial score (nSPS) is 10.4. The highest BCUT2D eigenvalue weighted by atomic mass is 16.4. The lowest BCUT2D eigenvalue weighted by molar-refractivity contribution is -0.135. The first-order chi connectivity index (χ1) is 9.65. The summed E-state index contributed by atoms with van der Waals surface area (Å²) in [5, 5.41) is 9.03. The first-order valence-corrected chi connectivity index (χ1v) is 6.64. The molecule has 0 saturated heterocycles. The van der Waals surface area contributed by atoms with Crippen molar-refractivity contribution in [1.82, 2.24) is 9.55 Å². The Morgan fingerprint density at radius 2 is 2.10 bits per heavy atom. The van der Waals surface area contributed by atoms with Crippen molar-refractivity contribution in [2.24, 2.45) is 0 Å². The SMILES string of the molecule is Cc1ccc(N(CCCn2ccnc2)CC(=O)O)cc1. The summed E-state index contributed by atoms with van der Waals surface area (Å²) in [7, 11) is 0. The minimum Gasteiger partial charge on any atom is -0.480 e. The van der Waals surface area contributed by atoms with E-state index in [1.54, 1.807) is 12.5 Å². The Morgan fingerprint density at radius 1 is 1.35 bits per heavy atom. The van der Waals surface area contributed by atoms with Gasteiger partial charge >= 0.3 is 5.97 Å². The third-order valence-electron chi connectivity index (χ3n) is 3.13. The van der Waals surface area contributed by atoms with Crippen molar-refractivity contribution in [2.45, 2.75) is 19.9 Å². The topological polar surface area (TPSA) is 58.4 Å². The molecule has 2 aromatic rings. The highest BCUT2D eigenvalue weighted by Gasteiger charge is 2.10. The Bertz CT molecular complexity index is 535. The van der Waals surface area contributed by atoms with Crippen molar-refractivity contribution in [3.63, 3.8) is 0 Å². The van der Waals surface area contributed by atoms with Crippen molar-refractivity contribution in [3.8, 4) is 0 Å². The number of aryl methyl sites for hydroxylation is 2. The minimum atomic E-state index is -0.812. The summed E-state index contributed by atoms with van der Waals surface area (Å²) < 4.78 is 1.99. The molecule has 0 radical (unpaired) electrons. The molecule has 1 aromatic heterocycles.